The van der Waals surface area contributed by atoms with Crippen molar-refractivity contribution in [2.24, 2.45) is 5.92 Å². The van der Waals surface area contributed by atoms with Gasteiger partial charge in [-0.3, -0.25) is 0 Å². The number of hydrogen-bond donors (Lipinski definition) is 1. The first-order chi connectivity index (χ1) is 8.33. The number of nitrogens with one attached hydrogen (secondary N) is 1. The van der Waals surface area contributed by atoms with Crippen LogP contribution in [0.25, 0.3) is 0 Å². The van der Waals surface area contributed by atoms with Crippen molar-refractivity contribution < 1.29 is 4.74 Å². The number of rotatable bonds is 1. The second-order valence-electron chi connectivity index (χ2n) is 4.36. The lowest BCUT2D eigenvalue weighted by Gasteiger charge is -2.34. The summed E-state index contributed by atoms with van der Waals surface area (Å²) < 4.78 is 5.69. The zero-order valence-electron chi connectivity index (χ0n) is 9.36. The van der Waals surface area contributed by atoms with E-state index in [1.54, 1.807) is 6.20 Å². The molecule has 2 aliphatic rings. The van der Waals surface area contributed by atoms with Crippen molar-refractivity contribution in [3.63, 3.8) is 0 Å². The zero-order valence-corrected chi connectivity index (χ0v) is 10.9. The Kier molecular flexibility index (Phi) is 3.29. The van der Waals surface area contributed by atoms with Crippen LogP contribution in [0.15, 0.2) is 6.20 Å². The topological polar surface area (TPSA) is 47.0 Å². The molecule has 3 heterocycles. The smallest absolute Gasteiger partial charge is 0.224 e. The van der Waals surface area contributed by atoms with Crippen molar-refractivity contribution >= 4 is 29.2 Å². The first-order valence-electron chi connectivity index (χ1n) is 5.82. The standard InChI is InChI=1S/C11H14ClN3OS/c12-11-13-5-9-10(15-11)14-8(6-16-9)7-1-3-17-4-2-7/h5,7-8H,1-4,6H2,(H,13,14,15). The van der Waals surface area contributed by atoms with Crippen LogP contribution in [0.5, 0.6) is 5.75 Å². The van der Waals surface area contributed by atoms with Gasteiger partial charge in [-0.15, -0.1) is 0 Å². The lowest BCUT2D eigenvalue weighted by atomic mass is 9.93. The summed E-state index contributed by atoms with van der Waals surface area (Å²) >= 11 is 7.82. The maximum absolute atomic E-state index is 5.79. The third kappa shape index (κ3) is 2.45. The van der Waals surface area contributed by atoms with Gasteiger partial charge in [-0.25, -0.2) is 4.98 Å². The third-order valence-electron chi connectivity index (χ3n) is 3.30. The minimum absolute atomic E-state index is 0.264. The number of nitrogens with zero attached hydrogens (tertiary/aromatic N) is 2. The number of ether oxygens (including phenoxy) is 1. The molecule has 0 saturated carbocycles. The Balaban J connectivity index is 1.75. The highest BCUT2D eigenvalue weighted by Crippen LogP contribution is 2.33. The largest absolute Gasteiger partial charge is 0.486 e. The van der Waals surface area contributed by atoms with Gasteiger partial charge in [0.15, 0.2) is 11.6 Å². The molecular formula is C11H14ClN3OS. The Hall–Kier alpha value is -0.680. The molecule has 4 nitrogen and oxygen atoms in total. The van der Waals surface area contributed by atoms with E-state index in [1.807, 2.05) is 11.8 Å². The van der Waals surface area contributed by atoms with Crippen LogP contribution in [0, 0.1) is 5.92 Å². The van der Waals surface area contributed by atoms with Gasteiger partial charge in [0.1, 0.15) is 6.61 Å². The van der Waals surface area contributed by atoms with Gasteiger partial charge in [-0.2, -0.15) is 16.7 Å². The van der Waals surface area contributed by atoms with Crippen LogP contribution in [0.2, 0.25) is 5.28 Å². The van der Waals surface area contributed by atoms with Crippen LogP contribution in [0.1, 0.15) is 12.8 Å². The van der Waals surface area contributed by atoms with Crippen molar-refractivity contribution in [1.82, 2.24) is 9.97 Å². The Morgan fingerprint density at radius 1 is 1.41 bits per heavy atom. The molecule has 0 aliphatic carbocycles. The summed E-state index contributed by atoms with van der Waals surface area (Å²) in [6, 6.07) is 0.356. The molecule has 92 valence electrons. The summed E-state index contributed by atoms with van der Waals surface area (Å²) in [5.41, 5.74) is 0. The number of halogens is 1. The van der Waals surface area contributed by atoms with E-state index in [2.05, 4.69) is 15.3 Å². The predicted octanol–water partition coefficient (Wildman–Crippen LogP) is 2.45. The van der Waals surface area contributed by atoms with Crippen LogP contribution < -0.4 is 10.1 Å². The summed E-state index contributed by atoms with van der Waals surface area (Å²) in [6.45, 7) is 0.702. The van der Waals surface area contributed by atoms with Crippen molar-refractivity contribution in [2.75, 3.05) is 23.4 Å². The number of aromatic nitrogens is 2. The fourth-order valence-corrected chi connectivity index (χ4v) is 3.60. The molecule has 0 aromatic carbocycles. The van der Waals surface area contributed by atoms with E-state index in [1.165, 1.54) is 24.3 Å². The molecule has 0 spiro atoms. The molecule has 1 N–H and O–H groups in total. The first-order valence-corrected chi connectivity index (χ1v) is 7.36. The lowest BCUT2D eigenvalue weighted by molar-refractivity contribution is 0.235. The molecule has 0 radical (unpaired) electrons. The SMILES string of the molecule is Clc1ncc2c(n1)NC(C1CCSCC1)CO2. The second kappa shape index (κ2) is 4.90. The monoisotopic (exact) mass is 271 g/mol. The highest BCUT2D eigenvalue weighted by Gasteiger charge is 2.29. The van der Waals surface area contributed by atoms with Gasteiger partial charge in [-0.05, 0) is 41.9 Å². The van der Waals surface area contributed by atoms with Gasteiger partial charge in [0.05, 0.1) is 12.2 Å². The van der Waals surface area contributed by atoms with E-state index >= 15 is 0 Å². The summed E-state index contributed by atoms with van der Waals surface area (Å²) in [6.07, 6.45) is 4.13. The predicted molar refractivity (Wildman–Crippen MR) is 70.0 cm³/mol. The Bertz CT molecular complexity index is 412. The second-order valence-corrected chi connectivity index (χ2v) is 5.93. The molecule has 1 atom stereocenters. The molecule has 0 amide bonds. The number of fused-ring (bicyclic) bond motifs is 1. The molecule has 6 heteroatoms. The highest BCUT2D eigenvalue weighted by molar-refractivity contribution is 7.99. The minimum Gasteiger partial charge on any atom is -0.486 e. The van der Waals surface area contributed by atoms with Gasteiger partial charge in [-0.1, -0.05) is 0 Å². The molecular weight excluding hydrogens is 258 g/mol. The van der Waals surface area contributed by atoms with Gasteiger partial charge < -0.3 is 10.1 Å². The fourth-order valence-electron chi connectivity index (χ4n) is 2.33. The molecule has 2 aliphatic heterocycles. The average Bonchev–Trinajstić information content (AvgIpc) is 2.39. The molecule has 1 fully saturated rings. The lowest BCUT2D eigenvalue weighted by Crippen LogP contribution is -2.40. The Morgan fingerprint density at radius 3 is 3.06 bits per heavy atom. The van der Waals surface area contributed by atoms with Crippen molar-refractivity contribution in [3.05, 3.63) is 11.5 Å². The molecule has 17 heavy (non-hydrogen) atoms. The zero-order chi connectivity index (χ0) is 11.7. The maximum Gasteiger partial charge on any atom is 0.224 e. The van der Waals surface area contributed by atoms with Crippen molar-refractivity contribution in [3.8, 4) is 5.75 Å². The minimum atomic E-state index is 0.264. The summed E-state index contributed by atoms with van der Waals surface area (Å²) in [5, 5.41) is 3.70. The maximum atomic E-state index is 5.79. The fraction of sp³-hybridized carbons (Fsp3) is 0.636. The summed E-state index contributed by atoms with van der Waals surface area (Å²) in [4.78, 5) is 8.09. The summed E-state index contributed by atoms with van der Waals surface area (Å²) in [5.74, 6) is 4.62. The Labute approximate surface area is 110 Å². The van der Waals surface area contributed by atoms with E-state index in [4.69, 9.17) is 16.3 Å². The quantitative estimate of drug-likeness (QED) is 0.795. The van der Waals surface area contributed by atoms with Crippen LogP contribution in [0.3, 0.4) is 0 Å². The average molecular weight is 272 g/mol. The van der Waals surface area contributed by atoms with Gasteiger partial charge >= 0.3 is 0 Å². The molecule has 1 aromatic heterocycles. The molecule has 3 rings (SSSR count). The summed E-state index contributed by atoms with van der Waals surface area (Å²) in [7, 11) is 0. The van der Waals surface area contributed by atoms with Crippen LogP contribution in [-0.4, -0.2) is 34.1 Å². The normalized spacial score (nSPS) is 24.6. The molecule has 0 bridgehead atoms. The Morgan fingerprint density at radius 2 is 2.24 bits per heavy atom. The van der Waals surface area contributed by atoms with Gasteiger partial charge in [0.2, 0.25) is 5.28 Å². The van der Waals surface area contributed by atoms with Crippen LogP contribution >= 0.6 is 23.4 Å². The van der Waals surface area contributed by atoms with E-state index < -0.39 is 0 Å². The molecule has 1 unspecified atom stereocenters. The van der Waals surface area contributed by atoms with Gasteiger partial charge in [0, 0.05) is 0 Å². The number of anilines is 1. The van der Waals surface area contributed by atoms with E-state index in [9.17, 15) is 0 Å². The first kappa shape index (κ1) is 11.4. The van der Waals surface area contributed by atoms with Crippen LogP contribution in [0.4, 0.5) is 5.82 Å². The van der Waals surface area contributed by atoms with Crippen LogP contribution in [-0.2, 0) is 0 Å². The third-order valence-corrected chi connectivity index (χ3v) is 4.53. The number of thioether (sulfide) groups is 1. The molecule has 1 aromatic rings. The van der Waals surface area contributed by atoms with E-state index in [0.717, 1.165) is 5.82 Å². The molecule has 1 saturated heterocycles. The number of hydrogen-bond acceptors (Lipinski definition) is 5. The van der Waals surface area contributed by atoms with Gasteiger partial charge in [0.25, 0.3) is 0 Å². The van der Waals surface area contributed by atoms with E-state index in [0.29, 0.717) is 24.3 Å². The van der Waals surface area contributed by atoms with Crippen molar-refractivity contribution in [2.45, 2.75) is 18.9 Å². The van der Waals surface area contributed by atoms with E-state index in [-0.39, 0.29) is 5.28 Å². The highest BCUT2D eigenvalue weighted by atomic mass is 35.5. The van der Waals surface area contributed by atoms with Crippen molar-refractivity contribution in [1.29, 1.82) is 0 Å².